The first kappa shape index (κ1) is 12.2. The molecule has 0 radical (unpaired) electrons. The van der Waals surface area contributed by atoms with Crippen LogP contribution in [0.2, 0.25) is 0 Å². The molecule has 0 saturated heterocycles. The van der Waals surface area contributed by atoms with Crippen LogP contribution in [0.25, 0.3) is 0 Å². The maximum atomic E-state index is 10.8. The molecule has 0 amide bonds. The number of aliphatic hydroxyl groups excluding tert-OH is 1. The molecule has 0 aliphatic heterocycles. The minimum absolute atomic E-state index is 0.0482. The molecule has 2 aliphatic carbocycles. The molecule has 98 valence electrons. The second-order valence-electron chi connectivity index (χ2n) is 6.40. The third kappa shape index (κ3) is 1.70. The largest absolute Gasteiger partial charge is 0.392 e. The molecule has 4 atom stereocenters. The first-order chi connectivity index (χ1) is 8.63. The molecule has 2 heteroatoms. The summed E-state index contributed by atoms with van der Waals surface area (Å²) in [6.07, 6.45) is 3.45. The van der Waals surface area contributed by atoms with Gasteiger partial charge in [0.15, 0.2) is 0 Å². The van der Waals surface area contributed by atoms with Crippen LogP contribution in [0.5, 0.6) is 0 Å². The van der Waals surface area contributed by atoms with Gasteiger partial charge in [0.2, 0.25) is 0 Å². The van der Waals surface area contributed by atoms with Gasteiger partial charge in [0.1, 0.15) is 0 Å². The van der Waals surface area contributed by atoms with Crippen LogP contribution in [0, 0.1) is 11.8 Å². The van der Waals surface area contributed by atoms with Crippen molar-refractivity contribution in [3.05, 3.63) is 35.9 Å². The summed E-state index contributed by atoms with van der Waals surface area (Å²) in [6.45, 7) is 1.01. The summed E-state index contributed by atoms with van der Waals surface area (Å²) in [5.74, 6) is 1.16. The highest BCUT2D eigenvalue weighted by molar-refractivity contribution is 5.32. The van der Waals surface area contributed by atoms with Gasteiger partial charge >= 0.3 is 0 Å². The van der Waals surface area contributed by atoms with Crippen LogP contribution in [0.4, 0.5) is 0 Å². The lowest BCUT2D eigenvalue weighted by molar-refractivity contribution is 0.0288. The smallest absolute Gasteiger partial charge is 0.0679 e. The zero-order chi connectivity index (χ0) is 12.8. The maximum absolute atomic E-state index is 10.8. The van der Waals surface area contributed by atoms with E-state index in [4.69, 9.17) is 0 Å². The fraction of sp³-hybridized carbons (Fsp3) is 0.625. The van der Waals surface area contributed by atoms with E-state index in [1.807, 2.05) is 0 Å². The van der Waals surface area contributed by atoms with Crippen molar-refractivity contribution in [2.75, 3.05) is 20.6 Å². The zero-order valence-electron chi connectivity index (χ0n) is 11.3. The Balaban J connectivity index is 1.90. The zero-order valence-corrected chi connectivity index (χ0v) is 11.3. The molecule has 0 spiro atoms. The Labute approximate surface area is 110 Å². The molecule has 18 heavy (non-hydrogen) atoms. The molecule has 3 rings (SSSR count). The number of hydrogen-bond acceptors (Lipinski definition) is 2. The predicted molar refractivity (Wildman–Crippen MR) is 73.5 cm³/mol. The molecule has 0 unspecified atom stereocenters. The highest BCUT2D eigenvalue weighted by atomic mass is 16.3. The van der Waals surface area contributed by atoms with Crippen molar-refractivity contribution < 1.29 is 5.11 Å². The van der Waals surface area contributed by atoms with Crippen molar-refractivity contribution in [1.29, 1.82) is 0 Å². The summed E-state index contributed by atoms with van der Waals surface area (Å²) in [6, 6.07) is 10.7. The second kappa shape index (κ2) is 4.36. The standard InChI is InChI=1S/C16H23NO/c1-17(2)11-14-12-8-9-16(10-12,15(14)18)13-6-4-3-5-7-13/h3-7,12,14-15,18H,8-11H2,1-2H3/t12-,14+,15-,16+/m0/s1. The van der Waals surface area contributed by atoms with Crippen molar-refractivity contribution in [3.8, 4) is 0 Å². The van der Waals surface area contributed by atoms with Crippen molar-refractivity contribution in [2.24, 2.45) is 11.8 Å². The van der Waals surface area contributed by atoms with Crippen molar-refractivity contribution >= 4 is 0 Å². The molecule has 1 aromatic carbocycles. The van der Waals surface area contributed by atoms with Gasteiger partial charge in [-0.1, -0.05) is 30.3 Å². The van der Waals surface area contributed by atoms with Gasteiger partial charge < -0.3 is 10.0 Å². The van der Waals surface area contributed by atoms with Crippen LogP contribution in [0.3, 0.4) is 0 Å². The van der Waals surface area contributed by atoms with E-state index in [0.29, 0.717) is 11.8 Å². The fourth-order valence-corrected chi connectivity index (χ4v) is 4.29. The summed E-state index contributed by atoms with van der Waals surface area (Å²) in [7, 11) is 4.21. The molecule has 1 aromatic rings. The number of fused-ring (bicyclic) bond motifs is 2. The van der Waals surface area contributed by atoms with E-state index in [-0.39, 0.29) is 11.5 Å². The number of nitrogens with zero attached hydrogens (tertiary/aromatic N) is 1. The third-order valence-corrected chi connectivity index (χ3v) is 5.09. The van der Waals surface area contributed by atoms with E-state index < -0.39 is 0 Å². The number of benzene rings is 1. The summed E-state index contributed by atoms with van der Waals surface area (Å²) in [4.78, 5) is 2.22. The topological polar surface area (TPSA) is 23.5 Å². The van der Waals surface area contributed by atoms with Gasteiger partial charge in [-0.2, -0.15) is 0 Å². The quantitative estimate of drug-likeness (QED) is 0.883. The minimum atomic E-state index is -0.166. The Kier molecular flexibility index (Phi) is 2.95. The van der Waals surface area contributed by atoms with E-state index >= 15 is 0 Å². The highest BCUT2D eigenvalue weighted by Crippen LogP contribution is 2.58. The normalized spacial score (nSPS) is 38.6. The van der Waals surface area contributed by atoms with Gasteiger partial charge in [-0.3, -0.25) is 0 Å². The maximum Gasteiger partial charge on any atom is 0.0679 e. The molecule has 0 heterocycles. The fourth-order valence-electron chi connectivity index (χ4n) is 4.29. The lowest BCUT2D eigenvalue weighted by Crippen LogP contribution is -2.43. The van der Waals surface area contributed by atoms with Gasteiger partial charge in [0.05, 0.1) is 6.10 Å². The van der Waals surface area contributed by atoms with Gasteiger partial charge in [-0.25, -0.2) is 0 Å². The molecular weight excluding hydrogens is 222 g/mol. The first-order valence-corrected chi connectivity index (χ1v) is 7.02. The number of hydrogen-bond donors (Lipinski definition) is 1. The Morgan fingerprint density at radius 3 is 2.67 bits per heavy atom. The molecule has 2 nitrogen and oxygen atoms in total. The summed E-state index contributed by atoms with van der Waals surface area (Å²) in [5.41, 5.74) is 1.40. The lowest BCUT2D eigenvalue weighted by Gasteiger charge is -2.37. The lowest BCUT2D eigenvalue weighted by atomic mass is 9.72. The summed E-state index contributed by atoms with van der Waals surface area (Å²) >= 11 is 0. The molecule has 1 N–H and O–H groups in total. The van der Waals surface area contributed by atoms with Gasteiger partial charge in [-0.05, 0) is 44.8 Å². The van der Waals surface area contributed by atoms with Crippen LogP contribution in [-0.4, -0.2) is 36.8 Å². The van der Waals surface area contributed by atoms with Crippen LogP contribution >= 0.6 is 0 Å². The van der Waals surface area contributed by atoms with Gasteiger partial charge in [0, 0.05) is 17.9 Å². The molecule has 2 fully saturated rings. The number of aliphatic hydroxyl groups is 1. The van der Waals surface area contributed by atoms with E-state index in [2.05, 4.69) is 49.3 Å². The van der Waals surface area contributed by atoms with E-state index in [1.54, 1.807) is 0 Å². The summed E-state index contributed by atoms with van der Waals surface area (Å²) < 4.78 is 0. The molecule has 2 saturated carbocycles. The average Bonchev–Trinajstić information content (AvgIpc) is 2.91. The van der Waals surface area contributed by atoms with Gasteiger partial charge in [0.25, 0.3) is 0 Å². The second-order valence-corrected chi connectivity index (χ2v) is 6.40. The average molecular weight is 245 g/mol. The Bertz CT molecular complexity index is 416. The first-order valence-electron chi connectivity index (χ1n) is 7.02. The van der Waals surface area contributed by atoms with Crippen molar-refractivity contribution in [2.45, 2.75) is 30.8 Å². The van der Waals surface area contributed by atoms with E-state index in [1.165, 1.54) is 18.4 Å². The Morgan fingerprint density at radius 2 is 2.00 bits per heavy atom. The van der Waals surface area contributed by atoms with E-state index in [0.717, 1.165) is 13.0 Å². The minimum Gasteiger partial charge on any atom is -0.392 e. The third-order valence-electron chi connectivity index (χ3n) is 5.09. The van der Waals surface area contributed by atoms with Crippen LogP contribution in [-0.2, 0) is 5.41 Å². The number of rotatable bonds is 3. The van der Waals surface area contributed by atoms with Crippen molar-refractivity contribution in [1.82, 2.24) is 4.90 Å². The monoisotopic (exact) mass is 245 g/mol. The molecule has 0 aromatic heterocycles. The van der Waals surface area contributed by atoms with Crippen molar-refractivity contribution in [3.63, 3.8) is 0 Å². The SMILES string of the molecule is CN(C)C[C@@H]1[C@H]2CC[C@](c3ccccc3)(C2)[C@H]1O. The Morgan fingerprint density at radius 1 is 1.28 bits per heavy atom. The predicted octanol–water partition coefficient (Wildman–Crippen LogP) is 2.28. The highest BCUT2D eigenvalue weighted by Gasteiger charge is 2.57. The van der Waals surface area contributed by atoms with Crippen LogP contribution in [0.1, 0.15) is 24.8 Å². The van der Waals surface area contributed by atoms with Crippen LogP contribution in [0.15, 0.2) is 30.3 Å². The van der Waals surface area contributed by atoms with E-state index in [9.17, 15) is 5.11 Å². The summed E-state index contributed by atoms with van der Waals surface area (Å²) in [5, 5.41) is 10.8. The molecule has 2 aliphatic rings. The molecule has 2 bridgehead atoms. The van der Waals surface area contributed by atoms with Crippen LogP contribution < -0.4 is 0 Å². The molecular formula is C16H23NO. The Hall–Kier alpha value is -0.860. The van der Waals surface area contributed by atoms with Gasteiger partial charge in [-0.15, -0.1) is 0 Å².